The lowest BCUT2D eigenvalue weighted by Crippen LogP contribution is -2.39. The average Bonchev–Trinajstić information content (AvgIpc) is 3.30. The number of amides is 1. The Kier molecular flexibility index (Phi) is 4.19. The van der Waals surface area contributed by atoms with Crippen molar-refractivity contribution in [2.24, 2.45) is 0 Å². The third-order valence-electron chi connectivity index (χ3n) is 4.45. The summed E-state index contributed by atoms with van der Waals surface area (Å²) in [6, 6.07) is 12.1. The van der Waals surface area contributed by atoms with E-state index in [1.54, 1.807) is 6.20 Å². The van der Waals surface area contributed by atoms with Gasteiger partial charge in [0.25, 0.3) is 5.82 Å². The van der Waals surface area contributed by atoms with Gasteiger partial charge < -0.3 is 10.2 Å². The predicted molar refractivity (Wildman–Crippen MR) is 95.2 cm³/mol. The Morgan fingerprint density at radius 2 is 2.27 bits per heavy atom. The monoisotopic (exact) mass is 347 g/mol. The quantitative estimate of drug-likeness (QED) is 0.758. The predicted octanol–water partition coefficient (Wildman–Crippen LogP) is 1.09. The molecule has 0 unspecified atom stereocenters. The van der Waals surface area contributed by atoms with E-state index in [2.05, 4.69) is 43.5 Å². The lowest BCUT2D eigenvalue weighted by atomic mass is 10.2. The second-order valence-corrected chi connectivity index (χ2v) is 6.26. The summed E-state index contributed by atoms with van der Waals surface area (Å²) < 4.78 is 1.37. The third-order valence-corrected chi connectivity index (χ3v) is 4.45. The summed E-state index contributed by atoms with van der Waals surface area (Å²) in [4.78, 5) is 22.6. The highest BCUT2D eigenvalue weighted by Crippen LogP contribution is 2.24. The summed E-state index contributed by atoms with van der Waals surface area (Å²) in [5.74, 6) is -0.0684. The Morgan fingerprint density at radius 3 is 3.12 bits per heavy atom. The Bertz CT molecular complexity index is 990. The van der Waals surface area contributed by atoms with Gasteiger partial charge in [-0.15, -0.1) is 5.10 Å². The van der Waals surface area contributed by atoms with E-state index in [1.807, 2.05) is 18.2 Å². The molecule has 0 aliphatic carbocycles. The van der Waals surface area contributed by atoms with Gasteiger partial charge in [0.2, 0.25) is 5.91 Å². The molecule has 2 aromatic heterocycles. The molecule has 8 heteroatoms. The van der Waals surface area contributed by atoms with E-state index >= 15 is 0 Å². The van der Waals surface area contributed by atoms with Crippen molar-refractivity contribution in [3.8, 4) is 6.07 Å². The normalized spacial score (nSPS) is 16.6. The molecule has 1 atom stereocenters. The van der Waals surface area contributed by atoms with E-state index in [4.69, 9.17) is 5.26 Å². The summed E-state index contributed by atoms with van der Waals surface area (Å²) in [6.07, 6.45) is 4.06. The van der Waals surface area contributed by atoms with Gasteiger partial charge in [-0.2, -0.15) is 5.26 Å². The fourth-order valence-corrected chi connectivity index (χ4v) is 3.21. The van der Waals surface area contributed by atoms with Gasteiger partial charge in [-0.3, -0.25) is 9.78 Å². The number of benzene rings is 1. The van der Waals surface area contributed by atoms with E-state index in [0.29, 0.717) is 0 Å². The molecule has 0 bridgehead atoms. The third kappa shape index (κ3) is 3.32. The molecule has 1 saturated heterocycles. The summed E-state index contributed by atoms with van der Waals surface area (Å²) in [6.45, 7) is 1.70. The zero-order chi connectivity index (χ0) is 17.9. The number of pyridine rings is 1. The molecular formula is C18H17N7O. The Balaban J connectivity index is 1.36. The number of fused-ring (bicyclic) bond motifs is 1. The highest BCUT2D eigenvalue weighted by Gasteiger charge is 2.24. The van der Waals surface area contributed by atoms with Gasteiger partial charge in [0, 0.05) is 36.4 Å². The van der Waals surface area contributed by atoms with Gasteiger partial charge in [0.05, 0.1) is 5.52 Å². The summed E-state index contributed by atoms with van der Waals surface area (Å²) in [5.41, 5.74) is 2.08. The van der Waals surface area contributed by atoms with E-state index in [1.165, 1.54) is 11.0 Å². The molecule has 0 radical (unpaired) electrons. The number of hydrogen-bond donors (Lipinski definition) is 1. The van der Waals surface area contributed by atoms with Crippen LogP contribution in [0.2, 0.25) is 0 Å². The number of aromatic nitrogens is 4. The van der Waals surface area contributed by atoms with Crippen molar-refractivity contribution in [3.63, 3.8) is 0 Å². The minimum atomic E-state index is -0.133. The summed E-state index contributed by atoms with van der Waals surface area (Å²) >= 11 is 0. The number of nitriles is 1. The second kappa shape index (κ2) is 6.80. The summed E-state index contributed by atoms with van der Waals surface area (Å²) in [7, 11) is 0. The molecular weight excluding hydrogens is 330 g/mol. The van der Waals surface area contributed by atoms with Crippen LogP contribution in [0.25, 0.3) is 10.9 Å². The van der Waals surface area contributed by atoms with E-state index < -0.39 is 0 Å². The van der Waals surface area contributed by atoms with Gasteiger partial charge in [-0.05, 0) is 24.6 Å². The minimum absolute atomic E-state index is 0.0606. The van der Waals surface area contributed by atoms with Gasteiger partial charge in [0.15, 0.2) is 0 Å². The van der Waals surface area contributed by atoms with Crippen LogP contribution in [0.4, 0.5) is 5.69 Å². The number of hydrogen-bond acceptors (Lipinski definition) is 6. The van der Waals surface area contributed by atoms with Crippen LogP contribution in [-0.4, -0.2) is 44.8 Å². The van der Waals surface area contributed by atoms with Crippen LogP contribution in [0, 0.1) is 11.3 Å². The smallest absolute Gasteiger partial charge is 0.252 e. The molecule has 26 heavy (non-hydrogen) atoms. The number of nitrogens with one attached hydrogen (secondary N) is 1. The Morgan fingerprint density at radius 1 is 1.35 bits per heavy atom. The van der Waals surface area contributed by atoms with Gasteiger partial charge in [0.1, 0.15) is 18.9 Å². The molecule has 3 heterocycles. The highest BCUT2D eigenvalue weighted by molar-refractivity contribution is 5.82. The fourth-order valence-electron chi connectivity index (χ4n) is 3.21. The van der Waals surface area contributed by atoms with Crippen LogP contribution < -0.4 is 10.2 Å². The van der Waals surface area contributed by atoms with Crippen molar-refractivity contribution in [3.05, 3.63) is 48.7 Å². The zero-order valence-electron chi connectivity index (χ0n) is 14.0. The number of carbonyl (C=O) groups excluding carboxylic acids is 1. The molecule has 0 spiro atoms. The minimum Gasteiger partial charge on any atom is -0.369 e. The van der Waals surface area contributed by atoms with Gasteiger partial charge in [-0.25, -0.2) is 9.67 Å². The summed E-state index contributed by atoms with van der Waals surface area (Å²) in [5, 5.41) is 16.8. The van der Waals surface area contributed by atoms with E-state index in [9.17, 15) is 4.79 Å². The largest absolute Gasteiger partial charge is 0.369 e. The van der Waals surface area contributed by atoms with Crippen molar-refractivity contribution in [1.29, 1.82) is 5.26 Å². The van der Waals surface area contributed by atoms with Crippen LogP contribution in [0.5, 0.6) is 0 Å². The topological polar surface area (TPSA) is 99.7 Å². The first kappa shape index (κ1) is 16.0. The van der Waals surface area contributed by atoms with Crippen LogP contribution in [0.15, 0.2) is 42.9 Å². The van der Waals surface area contributed by atoms with E-state index in [0.717, 1.165) is 36.1 Å². The maximum atomic E-state index is 12.2. The van der Waals surface area contributed by atoms with Crippen molar-refractivity contribution >= 4 is 22.5 Å². The molecule has 1 amide bonds. The van der Waals surface area contributed by atoms with Crippen LogP contribution in [0.3, 0.4) is 0 Å². The first-order chi connectivity index (χ1) is 12.7. The lowest BCUT2D eigenvalue weighted by Gasteiger charge is -2.19. The molecule has 130 valence electrons. The maximum Gasteiger partial charge on any atom is 0.252 e. The molecule has 8 nitrogen and oxygen atoms in total. The maximum absolute atomic E-state index is 12.2. The molecule has 1 aromatic carbocycles. The van der Waals surface area contributed by atoms with Crippen molar-refractivity contribution in [2.45, 2.75) is 19.0 Å². The van der Waals surface area contributed by atoms with Crippen LogP contribution >= 0.6 is 0 Å². The number of nitrogens with zero attached hydrogens (tertiary/aromatic N) is 6. The average molecular weight is 347 g/mol. The second-order valence-electron chi connectivity index (χ2n) is 6.26. The molecule has 3 aromatic rings. The first-order valence-electron chi connectivity index (χ1n) is 8.40. The first-order valence-corrected chi connectivity index (χ1v) is 8.40. The van der Waals surface area contributed by atoms with Crippen LogP contribution in [-0.2, 0) is 11.3 Å². The Hall–Kier alpha value is -3.47. The van der Waals surface area contributed by atoms with E-state index in [-0.39, 0.29) is 24.3 Å². The molecule has 1 aliphatic rings. The van der Waals surface area contributed by atoms with Gasteiger partial charge in [-0.1, -0.05) is 12.1 Å². The molecule has 1 N–H and O–H groups in total. The standard InChI is InChI=1S/C18H17N7O/c19-9-17-21-12-25(23-17)11-18(26)22-14-5-7-24(10-14)15-4-3-13-2-1-6-20-16(13)8-15/h1-4,6,8,12,14H,5,7,10-11H2,(H,22,26)/t14-/m0/s1. The number of anilines is 1. The molecule has 0 saturated carbocycles. The van der Waals surface area contributed by atoms with Crippen LogP contribution in [0.1, 0.15) is 12.2 Å². The van der Waals surface area contributed by atoms with Crippen molar-refractivity contribution in [1.82, 2.24) is 25.1 Å². The number of rotatable bonds is 4. The Labute approximate surface area is 150 Å². The molecule has 4 rings (SSSR count). The zero-order valence-corrected chi connectivity index (χ0v) is 14.0. The van der Waals surface area contributed by atoms with Gasteiger partial charge >= 0.3 is 0 Å². The van der Waals surface area contributed by atoms with Crippen molar-refractivity contribution < 1.29 is 4.79 Å². The molecule has 1 fully saturated rings. The fraction of sp³-hybridized carbons (Fsp3) is 0.278. The molecule has 1 aliphatic heterocycles. The lowest BCUT2D eigenvalue weighted by molar-refractivity contribution is -0.122. The SMILES string of the molecule is N#Cc1ncn(CC(=O)N[C@H]2CCN(c3ccc4cccnc4c3)C2)n1. The number of carbonyl (C=O) groups is 1. The highest BCUT2D eigenvalue weighted by atomic mass is 16.2. The van der Waals surface area contributed by atoms with Crippen molar-refractivity contribution in [2.75, 3.05) is 18.0 Å².